The largest absolute Gasteiger partial charge is 0.497 e. The van der Waals surface area contributed by atoms with Crippen LogP contribution in [0.5, 0.6) is 5.75 Å². The highest BCUT2D eigenvalue weighted by atomic mass is 16.5. The van der Waals surface area contributed by atoms with Crippen molar-refractivity contribution in [3.8, 4) is 5.75 Å². The average molecular weight is 267 g/mol. The molecule has 0 fully saturated rings. The Kier molecular flexibility index (Phi) is 3.37. The average Bonchev–Trinajstić information content (AvgIpc) is 2.87. The Hall–Kier alpha value is -2.36. The fraction of sp³-hybridized carbons (Fsp3) is 0.250. The monoisotopic (exact) mass is 267 g/mol. The lowest BCUT2D eigenvalue weighted by Crippen LogP contribution is -1.94. The van der Waals surface area contributed by atoms with Crippen molar-refractivity contribution >= 4 is 5.65 Å². The molecule has 4 heteroatoms. The normalized spacial score (nSPS) is 10.9. The Morgan fingerprint density at radius 2 is 1.90 bits per heavy atom. The molecule has 2 aromatic heterocycles. The van der Waals surface area contributed by atoms with Gasteiger partial charge in [0, 0.05) is 12.6 Å². The molecule has 0 atom stereocenters. The van der Waals surface area contributed by atoms with E-state index in [1.807, 2.05) is 35.0 Å². The number of pyridine rings is 1. The zero-order chi connectivity index (χ0) is 13.9. The third kappa shape index (κ3) is 2.64. The van der Waals surface area contributed by atoms with Gasteiger partial charge in [0.25, 0.3) is 0 Å². The lowest BCUT2D eigenvalue weighted by Gasteiger charge is -2.01. The molecule has 2 heterocycles. The molecule has 3 aromatic rings. The molecule has 0 saturated carbocycles. The standard InChI is InChI=1S/C16H17N3O/c1-12-9-10-19-16(11-12)17-15(18-19)8-5-13-3-6-14(20-2)7-4-13/h3-4,6-7,9-11H,5,8H2,1-2H3. The summed E-state index contributed by atoms with van der Waals surface area (Å²) in [4.78, 5) is 4.55. The van der Waals surface area contributed by atoms with Gasteiger partial charge < -0.3 is 4.74 Å². The third-order valence-corrected chi connectivity index (χ3v) is 3.33. The maximum Gasteiger partial charge on any atom is 0.155 e. The van der Waals surface area contributed by atoms with Gasteiger partial charge in [0.15, 0.2) is 11.5 Å². The van der Waals surface area contributed by atoms with Gasteiger partial charge in [-0.15, -0.1) is 0 Å². The maximum atomic E-state index is 5.16. The molecule has 0 radical (unpaired) electrons. The molecule has 20 heavy (non-hydrogen) atoms. The van der Waals surface area contributed by atoms with Crippen molar-refractivity contribution in [3.05, 3.63) is 59.5 Å². The summed E-state index contributed by atoms with van der Waals surface area (Å²) in [6.07, 6.45) is 3.72. The number of hydrogen-bond donors (Lipinski definition) is 0. The lowest BCUT2D eigenvalue weighted by atomic mass is 10.1. The van der Waals surface area contributed by atoms with Crippen LogP contribution < -0.4 is 4.74 Å². The number of aryl methyl sites for hydroxylation is 3. The molecule has 0 spiro atoms. The Labute approximate surface area is 118 Å². The summed E-state index contributed by atoms with van der Waals surface area (Å²) in [5.74, 6) is 1.77. The molecule has 102 valence electrons. The van der Waals surface area contributed by atoms with Gasteiger partial charge >= 0.3 is 0 Å². The van der Waals surface area contributed by atoms with E-state index in [1.165, 1.54) is 11.1 Å². The van der Waals surface area contributed by atoms with E-state index in [4.69, 9.17) is 4.74 Å². The summed E-state index contributed by atoms with van der Waals surface area (Å²) in [6, 6.07) is 12.2. The molecule has 4 nitrogen and oxygen atoms in total. The van der Waals surface area contributed by atoms with Gasteiger partial charge in [-0.05, 0) is 48.7 Å². The number of rotatable bonds is 4. The highest BCUT2D eigenvalue weighted by Gasteiger charge is 2.04. The van der Waals surface area contributed by atoms with Crippen LogP contribution in [0.1, 0.15) is 17.0 Å². The molecule has 1 aromatic carbocycles. The molecule has 0 aliphatic carbocycles. The van der Waals surface area contributed by atoms with Crippen LogP contribution in [-0.4, -0.2) is 21.7 Å². The van der Waals surface area contributed by atoms with E-state index in [1.54, 1.807) is 7.11 Å². The van der Waals surface area contributed by atoms with E-state index < -0.39 is 0 Å². The van der Waals surface area contributed by atoms with Crippen molar-refractivity contribution in [3.63, 3.8) is 0 Å². The molecule has 0 N–H and O–H groups in total. The zero-order valence-corrected chi connectivity index (χ0v) is 11.7. The molecule has 0 aliphatic heterocycles. The molecule has 0 bridgehead atoms. The first kappa shape index (κ1) is 12.7. The molecular weight excluding hydrogens is 250 g/mol. The second kappa shape index (κ2) is 5.33. The number of nitrogens with zero attached hydrogens (tertiary/aromatic N) is 3. The number of hydrogen-bond acceptors (Lipinski definition) is 3. The van der Waals surface area contributed by atoms with Crippen LogP contribution in [0, 0.1) is 6.92 Å². The summed E-state index contributed by atoms with van der Waals surface area (Å²) in [5, 5.41) is 4.48. The van der Waals surface area contributed by atoms with Gasteiger partial charge in [-0.3, -0.25) is 0 Å². The van der Waals surface area contributed by atoms with Crippen LogP contribution >= 0.6 is 0 Å². The van der Waals surface area contributed by atoms with Crippen molar-refractivity contribution in [2.24, 2.45) is 0 Å². The number of ether oxygens (including phenoxy) is 1. The van der Waals surface area contributed by atoms with Crippen LogP contribution in [0.2, 0.25) is 0 Å². The van der Waals surface area contributed by atoms with Crippen LogP contribution in [0.25, 0.3) is 5.65 Å². The van der Waals surface area contributed by atoms with Crippen molar-refractivity contribution in [1.82, 2.24) is 14.6 Å². The molecule has 0 amide bonds. The molecule has 0 saturated heterocycles. The van der Waals surface area contributed by atoms with Crippen LogP contribution in [-0.2, 0) is 12.8 Å². The van der Waals surface area contributed by atoms with Gasteiger partial charge in [0.05, 0.1) is 7.11 Å². The van der Waals surface area contributed by atoms with Gasteiger partial charge in [-0.25, -0.2) is 9.50 Å². The van der Waals surface area contributed by atoms with Crippen LogP contribution in [0.15, 0.2) is 42.6 Å². The lowest BCUT2D eigenvalue weighted by molar-refractivity contribution is 0.414. The smallest absolute Gasteiger partial charge is 0.155 e. The highest BCUT2D eigenvalue weighted by molar-refractivity contribution is 5.40. The fourth-order valence-corrected chi connectivity index (χ4v) is 2.18. The summed E-state index contributed by atoms with van der Waals surface area (Å²) < 4.78 is 6.98. The molecule has 0 aliphatic rings. The first-order chi connectivity index (χ1) is 9.74. The zero-order valence-electron chi connectivity index (χ0n) is 11.7. The number of aromatic nitrogens is 3. The minimum atomic E-state index is 0.840. The van der Waals surface area contributed by atoms with E-state index in [9.17, 15) is 0 Å². The van der Waals surface area contributed by atoms with E-state index in [0.717, 1.165) is 30.1 Å². The Morgan fingerprint density at radius 3 is 2.65 bits per heavy atom. The minimum absolute atomic E-state index is 0.840. The van der Waals surface area contributed by atoms with E-state index >= 15 is 0 Å². The van der Waals surface area contributed by atoms with Gasteiger partial charge in [0.2, 0.25) is 0 Å². The first-order valence-corrected chi connectivity index (χ1v) is 6.69. The minimum Gasteiger partial charge on any atom is -0.497 e. The Bertz CT molecular complexity index is 716. The van der Waals surface area contributed by atoms with Gasteiger partial charge in [-0.1, -0.05) is 12.1 Å². The second-order valence-corrected chi connectivity index (χ2v) is 4.88. The highest BCUT2D eigenvalue weighted by Crippen LogP contribution is 2.13. The van der Waals surface area contributed by atoms with Crippen molar-refractivity contribution in [2.75, 3.05) is 7.11 Å². The van der Waals surface area contributed by atoms with E-state index in [0.29, 0.717) is 0 Å². The molecular formula is C16H17N3O. The summed E-state index contributed by atoms with van der Waals surface area (Å²) in [6.45, 7) is 2.06. The van der Waals surface area contributed by atoms with Crippen LogP contribution in [0.4, 0.5) is 0 Å². The van der Waals surface area contributed by atoms with Gasteiger partial charge in [0.1, 0.15) is 5.75 Å². The topological polar surface area (TPSA) is 39.4 Å². The fourth-order valence-electron chi connectivity index (χ4n) is 2.18. The second-order valence-electron chi connectivity index (χ2n) is 4.88. The summed E-state index contributed by atoms with van der Waals surface area (Å²) >= 11 is 0. The predicted molar refractivity (Wildman–Crippen MR) is 78.1 cm³/mol. The van der Waals surface area contributed by atoms with Crippen LogP contribution in [0.3, 0.4) is 0 Å². The van der Waals surface area contributed by atoms with E-state index in [-0.39, 0.29) is 0 Å². The summed E-state index contributed by atoms with van der Waals surface area (Å²) in [5.41, 5.74) is 3.38. The van der Waals surface area contributed by atoms with Crippen molar-refractivity contribution in [1.29, 1.82) is 0 Å². The predicted octanol–water partition coefficient (Wildman–Crippen LogP) is 2.83. The van der Waals surface area contributed by atoms with Crippen molar-refractivity contribution < 1.29 is 4.74 Å². The molecule has 0 unspecified atom stereocenters. The SMILES string of the molecule is COc1ccc(CCc2nc3cc(C)ccn3n2)cc1. The van der Waals surface area contributed by atoms with E-state index in [2.05, 4.69) is 29.1 Å². The summed E-state index contributed by atoms with van der Waals surface area (Å²) in [7, 11) is 1.68. The maximum absolute atomic E-state index is 5.16. The van der Waals surface area contributed by atoms with Crippen molar-refractivity contribution in [2.45, 2.75) is 19.8 Å². The number of benzene rings is 1. The molecule has 3 rings (SSSR count). The quantitative estimate of drug-likeness (QED) is 0.729. The number of fused-ring (bicyclic) bond motifs is 1. The third-order valence-electron chi connectivity index (χ3n) is 3.33. The Balaban J connectivity index is 1.72. The first-order valence-electron chi connectivity index (χ1n) is 6.69. The number of methoxy groups -OCH3 is 1. The van der Waals surface area contributed by atoms with Gasteiger partial charge in [-0.2, -0.15) is 5.10 Å². The Morgan fingerprint density at radius 1 is 1.10 bits per heavy atom.